The second-order valence-electron chi connectivity index (χ2n) is 10.9. The number of benzene rings is 3. The van der Waals surface area contributed by atoms with E-state index in [-0.39, 0.29) is 52.9 Å². The minimum Gasteiger partial charge on any atom is -0.490 e. The van der Waals surface area contributed by atoms with Crippen LogP contribution in [0.2, 0.25) is 0 Å². The number of esters is 2. The molecule has 5 rings (SSSR count). The Bertz CT molecular complexity index is 2250. The minimum atomic E-state index is -4.78. The fourth-order valence-corrected chi connectivity index (χ4v) is 6.26. The number of aromatic nitrogens is 1. The number of rotatable bonds is 12. The van der Waals surface area contributed by atoms with E-state index in [2.05, 4.69) is 9.73 Å². The Labute approximate surface area is 296 Å². The number of hydrogen-bond donors (Lipinski definition) is 0. The number of hydrogen-bond acceptors (Lipinski definition) is 12. The monoisotopic (exact) mass is 741 g/mol. The molecule has 1 aromatic heterocycles. The van der Waals surface area contributed by atoms with Crippen molar-refractivity contribution in [3.63, 3.8) is 0 Å². The first kappa shape index (κ1) is 37.3. The van der Waals surface area contributed by atoms with Gasteiger partial charge in [0.25, 0.3) is 5.56 Å². The van der Waals surface area contributed by atoms with E-state index >= 15 is 0 Å². The quantitative estimate of drug-likeness (QED) is 0.104. The van der Waals surface area contributed by atoms with Crippen LogP contribution in [0.1, 0.15) is 43.5 Å². The van der Waals surface area contributed by atoms with E-state index in [4.69, 9.17) is 18.9 Å². The molecule has 0 aliphatic carbocycles. The first-order valence-electron chi connectivity index (χ1n) is 15.5. The zero-order valence-electron chi connectivity index (χ0n) is 28.0. The summed E-state index contributed by atoms with van der Waals surface area (Å²) in [5.74, 6) is -1.07. The van der Waals surface area contributed by atoms with Crippen molar-refractivity contribution in [2.24, 2.45) is 4.99 Å². The lowest BCUT2D eigenvalue weighted by Crippen LogP contribution is -2.40. The van der Waals surface area contributed by atoms with Crippen LogP contribution in [0.25, 0.3) is 6.08 Å². The van der Waals surface area contributed by atoms with Gasteiger partial charge in [0, 0.05) is 6.07 Å². The van der Waals surface area contributed by atoms with Crippen molar-refractivity contribution < 1.29 is 51.4 Å². The summed E-state index contributed by atoms with van der Waals surface area (Å²) in [5.41, 5.74) is -1.08. The van der Waals surface area contributed by atoms with Crippen LogP contribution in [-0.4, -0.2) is 48.4 Å². The molecule has 0 spiro atoms. The van der Waals surface area contributed by atoms with E-state index in [9.17, 15) is 37.7 Å². The average Bonchev–Trinajstić information content (AvgIpc) is 3.40. The zero-order chi connectivity index (χ0) is 37.7. The van der Waals surface area contributed by atoms with Crippen LogP contribution in [0.15, 0.2) is 81.7 Å². The Kier molecular flexibility index (Phi) is 11.1. The molecule has 0 radical (unpaired) electrons. The van der Waals surface area contributed by atoms with Gasteiger partial charge in [0.2, 0.25) is 5.75 Å². The maximum absolute atomic E-state index is 14.1. The third-order valence-corrected chi connectivity index (χ3v) is 8.55. The molecule has 52 heavy (non-hydrogen) atoms. The highest BCUT2D eigenvalue weighted by molar-refractivity contribution is 7.07. The second kappa shape index (κ2) is 15.5. The van der Waals surface area contributed by atoms with E-state index in [0.717, 1.165) is 17.4 Å². The summed E-state index contributed by atoms with van der Waals surface area (Å²) >= 11 is 1.07. The van der Waals surface area contributed by atoms with Crippen LogP contribution in [-0.2, 0) is 25.2 Å². The van der Waals surface area contributed by atoms with Crippen molar-refractivity contribution in [2.45, 2.75) is 33.0 Å². The summed E-state index contributed by atoms with van der Waals surface area (Å²) in [5, 5.41) is 11.5. The Hall–Kier alpha value is -5.97. The van der Waals surface area contributed by atoms with E-state index in [1.807, 2.05) is 0 Å². The summed E-state index contributed by atoms with van der Waals surface area (Å²) < 4.78 is 67.8. The van der Waals surface area contributed by atoms with Gasteiger partial charge in [-0.2, -0.15) is 13.2 Å². The number of thiazole rings is 1. The SMILES string of the molecule is CCOC(=O)C1=C(C)N=c2s/c(=C\c3ccc(Oc4ccc(C(F)(F)F)cc4[N+](=O)[O-])cc3)c(=O)n2[C@H]1c1ccc(OCC(=O)OC)c(OCC)c1. The van der Waals surface area contributed by atoms with Gasteiger partial charge in [-0.15, -0.1) is 0 Å². The van der Waals surface area contributed by atoms with E-state index in [1.165, 1.54) is 23.8 Å². The van der Waals surface area contributed by atoms with Crippen molar-refractivity contribution in [3.05, 3.63) is 118 Å². The van der Waals surface area contributed by atoms with E-state index < -0.39 is 45.9 Å². The van der Waals surface area contributed by atoms with Crippen LogP contribution >= 0.6 is 11.3 Å². The number of ether oxygens (including phenoxy) is 5. The molecule has 0 unspecified atom stereocenters. The maximum Gasteiger partial charge on any atom is 0.416 e. The molecule has 0 saturated carbocycles. The fraction of sp³-hybridized carbons (Fsp3) is 0.257. The van der Waals surface area contributed by atoms with E-state index in [1.54, 1.807) is 57.2 Å². The Morgan fingerprint density at radius 3 is 2.35 bits per heavy atom. The molecular weight excluding hydrogens is 711 g/mol. The minimum absolute atomic E-state index is 0.0726. The molecule has 3 aromatic carbocycles. The number of alkyl halides is 3. The number of nitrogens with zero attached hydrogens (tertiary/aromatic N) is 3. The normalized spacial score (nSPS) is 14.3. The lowest BCUT2D eigenvalue weighted by Gasteiger charge is -2.25. The fourth-order valence-electron chi connectivity index (χ4n) is 5.22. The maximum atomic E-state index is 14.1. The molecule has 1 aliphatic heterocycles. The molecule has 4 aromatic rings. The molecule has 1 atom stereocenters. The van der Waals surface area contributed by atoms with Crippen molar-refractivity contribution in [3.8, 4) is 23.0 Å². The number of methoxy groups -OCH3 is 1. The zero-order valence-corrected chi connectivity index (χ0v) is 28.8. The molecule has 0 N–H and O–H groups in total. The number of fused-ring (bicyclic) bond motifs is 1. The second-order valence-corrected chi connectivity index (χ2v) is 11.9. The third-order valence-electron chi connectivity index (χ3n) is 7.56. The summed E-state index contributed by atoms with van der Waals surface area (Å²) in [6.45, 7) is 4.98. The van der Waals surface area contributed by atoms with Crippen LogP contribution in [0, 0.1) is 10.1 Å². The molecule has 0 amide bonds. The molecular formula is C35H30F3N3O10S. The van der Waals surface area contributed by atoms with Gasteiger partial charge in [-0.3, -0.25) is 19.5 Å². The van der Waals surface area contributed by atoms with Crippen molar-refractivity contribution in [1.82, 2.24) is 4.57 Å². The summed E-state index contributed by atoms with van der Waals surface area (Å²) in [6.07, 6.45) is -3.20. The van der Waals surface area contributed by atoms with Crippen LogP contribution in [0.5, 0.6) is 23.0 Å². The summed E-state index contributed by atoms with van der Waals surface area (Å²) in [7, 11) is 1.23. The van der Waals surface area contributed by atoms with Gasteiger partial charge in [0.05, 0.1) is 52.7 Å². The topological polar surface area (TPSA) is 158 Å². The smallest absolute Gasteiger partial charge is 0.416 e. The Morgan fingerprint density at radius 1 is 1.00 bits per heavy atom. The molecule has 0 fully saturated rings. The van der Waals surface area contributed by atoms with Crippen LogP contribution in [0.4, 0.5) is 18.9 Å². The van der Waals surface area contributed by atoms with E-state index in [0.29, 0.717) is 33.8 Å². The first-order chi connectivity index (χ1) is 24.7. The van der Waals surface area contributed by atoms with Gasteiger partial charge in [0.1, 0.15) is 5.75 Å². The number of allylic oxidation sites excluding steroid dienone is 1. The molecule has 1 aliphatic rings. The van der Waals surface area contributed by atoms with Gasteiger partial charge in [-0.25, -0.2) is 14.6 Å². The number of halogens is 3. The predicted octanol–water partition coefficient (Wildman–Crippen LogP) is 5.47. The van der Waals surface area contributed by atoms with Gasteiger partial charge in [-0.1, -0.05) is 29.5 Å². The molecule has 13 nitrogen and oxygen atoms in total. The largest absolute Gasteiger partial charge is 0.490 e. The number of carbonyl (C=O) groups is 2. The molecule has 0 saturated heterocycles. The highest BCUT2D eigenvalue weighted by Gasteiger charge is 2.35. The van der Waals surface area contributed by atoms with Crippen LogP contribution < -0.4 is 29.1 Å². The standard InChI is InChI=1S/C35H30F3N3O10S/c1-5-48-27-16-21(9-13-26(27)50-18-29(42)47-4)31-30(33(44)49-6-2)19(3)39-34-40(31)32(43)28(52-34)15-20-7-11-23(12-8-20)51-25-14-10-22(35(36,37)38)17-24(25)41(45)46/h7-17,31H,5-6,18H2,1-4H3/b28-15-/t31-/m0/s1. The van der Waals surface area contributed by atoms with Gasteiger partial charge < -0.3 is 23.7 Å². The average molecular weight is 742 g/mol. The lowest BCUT2D eigenvalue weighted by molar-refractivity contribution is -0.385. The predicted molar refractivity (Wildman–Crippen MR) is 180 cm³/mol. The van der Waals surface area contributed by atoms with Gasteiger partial charge in [0.15, 0.2) is 22.9 Å². The van der Waals surface area contributed by atoms with Crippen molar-refractivity contribution in [2.75, 3.05) is 26.9 Å². The Morgan fingerprint density at radius 2 is 1.71 bits per heavy atom. The molecule has 2 heterocycles. The Balaban J connectivity index is 1.53. The number of nitro groups is 1. The van der Waals surface area contributed by atoms with Crippen LogP contribution in [0.3, 0.4) is 0 Å². The lowest BCUT2D eigenvalue weighted by atomic mass is 9.95. The summed E-state index contributed by atoms with van der Waals surface area (Å²) in [4.78, 5) is 54.4. The van der Waals surface area contributed by atoms with Gasteiger partial charge in [-0.05, 0) is 74.4 Å². The van der Waals surface area contributed by atoms with Crippen molar-refractivity contribution in [1.29, 1.82) is 0 Å². The van der Waals surface area contributed by atoms with Gasteiger partial charge >= 0.3 is 23.8 Å². The van der Waals surface area contributed by atoms with Crippen molar-refractivity contribution >= 4 is 35.0 Å². The first-order valence-corrected chi connectivity index (χ1v) is 16.4. The summed E-state index contributed by atoms with van der Waals surface area (Å²) in [6, 6.07) is 11.8. The molecule has 17 heteroatoms. The third kappa shape index (κ3) is 7.99. The highest BCUT2D eigenvalue weighted by atomic mass is 32.1. The molecule has 272 valence electrons. The number of nitro benzene ring substituents is 1. The highest BCUT2D eigenvalue weighted by Crippen LogP contribution is 2.39. The molecule has 0 bridgehead atoms. The number of carbonyl (C=O) groups excluding carboxylic acids is 2.